The SMILES string of the molecule is Cc1ccc(OCC(=O)Nc2nncs2)cc1. The predicted molar refractivity (Wildman–Crippen MR) is 65.2 cm³/mol. The topological polar surface area (TPSA) is 64.1 Å². The second-order valence-electron chi connectivity index (χ2n) is 3.39. The van der Waals surface area contributed by atoms with Gasteiger partial charge in [-0.25, -0.2) is 0 Å². The Balaban J connectivity index is 1.82. The first-order chi connectivity index (χ1) is 8.24. The minimum absolute atomic E-state index is 0.0390. The highest BCUT2D eigenvalue weighted by Gasteiger charge is 2.05. The number of amides is 1. The van der Waals surface area contributed by atoms with Crippen molar-refractivity contribution in [2.45, 2.75) is 6.92 Å². The van der Waals surface area contributed by atoms with Crippen LogP contribution in [0, 0.1) is 6.92 Å². The molecule has 6 heteroatoms. The zero-order chi connectivity index (χ0) is 12.1. The summed E-state index contributed by atoms with van der Waals surface area (Å²) < 4.78 is 5.32. The van der Waals surface area contributed by atoms with Crippen LogP contribution in [0.5, 0.6) is 5.75 Å². The maximum absolute atomic E-state index is 11.5. The third-order valence-electron chi connectivity index (χ3n) is 2.00. The largest absolute Gasteiger partial charge is 0.484 e. The van der Waals surface area contributed by atoms with Crippen molar-refractivity contribution in [3.8, 4) is 5.75 Å². The highest BCUT2D eigenvalue weighted by molar-refractivity contribution is 7.13. The van der Waals surface area contributed by atoms with Crippen molar-refractivity contribution in [1.29, 1.82) is 0 Å². The van der Waals surface area contributed by atoms with Crippen molar-refractivity contribution < 1.29 is 9.53 Å². The summed E-state index contributed by atoms with van der Waals surface area (Å²) in [4.78, 5) is 11.5. The van der Waals surface area contributed by atoms with Crippen LogP contribution in [0.2, 0.25) is 0 Å². The molecule has 2 aromatic rings. The van der Waals surface area contributed by atoms with Crippen molar-refractivity contribution in [2.75, 3.05) is 11.9 Å². The zero-order valence-electron chi connectivity index (χ0n) is 9.21. The predicted octanol–water partition coefficient (Wildman–Crippen LogP) is 1.86. The quantitative estimate of drug-likeness (QED) is 0.898. The second-order valence-corrected chi connectivity index (χ2v) is 4.23. The minimum atomic E-state index is -0.248. The van der Waals surface area contributed by atoms with Gasteiger partial charge in [-0.15, -0.1) is 10.2 Å². The first-order valence-corrected chi connectivity index (χ1v) is 5.87. The number of carbonyl (C=O) groups is 1. The Morgan fingerprint density at radius 1 is 1.41 bits per heavy atom. The summed E-state index contributed by atoms with van der Waals surface area (Å²) in [6.07, 6.45) is 0. The molecule has 0 fully saturated rings. The molecule has 0 unspecified atom stereocenters. The lowest BCUT2D eigenvalue weighted by molar-refractivity contribution is -0.118. The number of aryl methyl sites for hydroxylation is 1. The van der Waals surface area contributed by atoms with E-state index in [0.29, 0.717) is 10.9 Å². The number of nitrogens with one attached hydrogen (secondary N) is 1. The van der Waals surface area contributed by atoms with Crippen LogP contribution >= 0.6 is 11.3 Å². The lowest BCUT2D eigenvalue weighted by atomic mass is 10.2. The highest BCUT2D eigenvalue weighted by Crippen LogP contribution is 2.12. The number of carbonyl (C=O) groups excluding carboxylic acids is 1. The van der Waals surface area contributed by atoms with Crippen LogP contribution in [0.1, 0.15) is 5.56 Å². The molecule has 0 atom stereocenters. The van der Waals surface area contributed by atoms with Crippen molar-refractivity contribution in [1.82, 2.24) is 10.2 Å². The molecule has 1 aromatic heterocycles. The second kappa shape index (κ2) is 5.40. The van der Waals surface area contributed by atoms with E-state index in [4.69, 9.17) is 4.74 Å². The zero-order valence-corrected chi connectivity index (χ0v) is 10.0. The summed E-state index contributed by atoms with van der Waals surface area (Å²) in [5.74, 6) is 0.422. The molecular formula is C11H11N3O2S. The first kappa shape index (κ1) is 11.5. The smallest absolute Gasteiger partial charge is 0.264 e. The molecule has 0 aliphatic heterocycles. The lowest BCUT2D eigenvalue weighted by Gasteiger charge is -2.05. The third kappa shape index (κ3) is 3.53. The van der Waals surface area contributed by atoms with E-state index in [0.717, 1.165) is 5.56 Å². The van der Waals surface area contributed by atoms with Crippen molar-refractivity contribution >= 4 is 22.4 Å². The maximum Gasteiger partial charge on any atom is 0.264 e. The van der Waals surface area contributed by atoms with Crippen LogP contribution in [0.3, 0.4) is 0 Å². The van der Waals surface area contributed by atoms with E-state index in [-0.39, 0.29) is 12.5 Å². The van der Waals surface area contributed by atoms with Gasteiger partial charge in [0.2, 0.25) is 5.13 Å². The van der Waals surface area contributed by atoms with Gasteiger partial charge in [-0.1, -0.05) is 29.0 Å². The van der Waals surface area contributed by atoms with E-state index in [2.05, 4.69) is 15.5 Å². The van der Waals surface area contributed by atoms with Gasteiger partial charge >= 0.3 is 0 Å². The average Bonchev–Trinajstić information content (AvgIpc) is 2.81. The average molecular weight is 249 g/mol. The molecule has 0 spiro atoms. The Labute approximate surface area is 102 Å². The Bertz CT molecular complexity index is 482. The van der Waals surface area contributed by atoms with Gasteiger partial charge in [0.1, 0.15) is 11.3 Å². The number of ether oxygens (including phenoxy) is 1. The fourth-order valence-electron chi connectivity index (χ4n) is 1.17. The molecule has 0 saturated heterocycles. The van der Waals surface area contributed by atoms with Gasteiger partial charge in [0.25, 0.3) is 5.91 Å². The summed E-state index contributed by atoms with van der Waals surface area (Å²) in [5, 5.41) is 10.4. The molecule has 1 aromatic carbocycles. The van der Waals surface area contributed by atoms with Gasteiger partial charge in [-0.2, -0.15) is 0 Å². The van der Waals surface area contributed by atoms with Gasteiger partial charge < -0.3 is 4.74 Å². The van der Waals surface area contributed by atoms with Crippen LogP contribution in [-0.2, 0) is 4.79 Å². The van der Waals surface area contributed by atoms with E-state index in [1.807, 2.05) is 31.2 Å². The third-order valence-corrected chi connectivity index (χ3v) is 2.60. The first-order valence-electron chi connectivity index (χ1n) is 4.99. The normalized spacial score (nSPS) is 9.94. The molecule has 1 heterocycles. The van der Waals surface area contributed by atoms with Gasteiger partial charge in [0.05, 0.1) is 0 Å². The number of rotatable bonds is 4. The number of benzene rings is 1. The number of hydrogen-bond acceptors (Lipinski definition) is 5. The Morgan fingerprint density at radius 2 is 2.18 bits per heavy atom. The summed E-state index contributed by atoms with van der Waals surface area (Å²) in [6.45, 7) is 1.95. The number of anilines is 1. The van der Waals surface area contributed by atoms with Gasteiger partial charge in [0, 0.05) is 0 Å². The van der Waals surface area contributed by atoms with Crippen LogP contribution in [0.15, 0.2) is 29.8 Å². The van der Waals surface area contributed by atoms with Gasteiger partial charge in [0.15, 0.2) is 6.61 Å². The molecule has 0 radical (unpaired) electrons. The van der Waals surface area contributed by atoms with Gasteiger partial charge in [-0.3, -0.25) is 10.1 Å². The van der Waals surface area contributed by atoms with Crippen molar-refractivity contribution in [3.05, 3.63) is 35.3 Å². The number of nitrogens with zero attached hydrogens (tertiary/aromatic N) is 2. The molecule has 88 valence electrons. The molecule has 2 rings (SSSR count). The lowest BCUT2D eigenvalue weighted by Crippen LogP contribution is -2.20. The Kier molecular flexibility index (Phi) is 3.66. The van der Waals surface area contributed by atoms with E-state index >= 15 is 0 Å². The molecule has 0 saturated carbocycles. The molecule has 0 bridgehead atoms. The molecule has 1 N–H and O–H groups in total. The van der Waals surface area contributed by atoms with E-state index in [1.54, 1.807) is 5.51 Å². The molecule has 17 heavy (non-hydrogen) atoms. The number of hydrogen-bond donors (Lipinski definition) is 1. The van der Waals surface area contributed by atoms with Gasteiger partial charge in [-0.05, 0) is 19.1 Å². The summed E-state index contributed by atoms with van der Waals surface area (Å²) >= 11 is 1.27. The molecular weight excluding hydrogens is 238 g/mol. The fourth-order valence-corrected chi connectivity index (χ4v) is 1.63. The van der Waals surface area contributed by atoms with Crippen LogP contribution in [0.4, 0.5) is 5.13 Å². The van der Waals surface area contributed by atoms with Crippen LogP contribution in [0.25, 0.3) is 0 Å². The van der Waals surface area contributed by atoms with E-state index in [9.17, 15) is 4.79 Å². The minimum Gasteiger partial charge on any atom is -0.484 e. The summed E-state index contributed by atoms with van der Waals surface area (Å²) in [5.41, 5.74) is 2.70. The monoisotopic (exact) mass is 249 g/mol. The summed E-state index contributed by atoms with van der Waals surface area (Å²) in [7, 11) is 0. The standard InChI is InChI=1S/C11H11N3O2S/c1-8-2-4-9(5-3-8)16-6-10(15)13-11-14-12-7-17-11/h2-5,7H,6H2,1H3,(H,13,14,15). The van der Waals surface area contributed by atoms with E-state index < -0.39 is 0 Å². The molecule has 0 aliphatic carbocycles. The van der Waals surface area contributed by atoms with E-state index in [1.165, 1.54) is 11.3 Å². The maximum atomic E-state index is 11.5. The number of aromatic nitrogens is 2. The fraction of sp³-hybridized carbons (Fsp3) is 0.182. The molecule has 5 nitrogen and oxygen atoms in total. The van der Waals surface area contributed by atoms with Crippen molar-refractivity contribution in [2.24, 2.45) is 0 Å². The highest BCUT2D eigenvalue weighted by atomic mass is 32.1. The van der Waals surface area contributed by atoms with Crippen LogP contribution in [-0.4, -0.2) is 22.7 Å². The molecule has 0 aliphatic rings. The summed E-state index contributed by atoms with van der Waals surface area (Å²) in [6, 6.07) is 7.51. The Morgan fingerprint density at radius 3 is 2.82 bits per heavy atom. The van der Waals surface area contributed by atoms with Crippen LogP contribution < -0.4 is 10.1 Å². The Hall–Kier alpha value is -1.95. The molecule has 1 amide bonds. The van der Waals surface area contributed by atoms with Crippen molar-refractivity contribution in [3.63, 3.8) is 0 Å².